The number of hydrogen-bond donors (Lipinski definition) is 6. The van der Waals surface area contributed by atoms with Gasteiger partial charge < -0.3 is 58.4 Å². The SMILES string of the molecule is C.CC1(C)OCC(CO)O1.CCP(=O)([O-])OCC(O)CO.CP(=O)(Cl)Cl.CP(=O)(O)OCC(O)CO.O=P(Cl)(Cl)Cl. The molecular weight excluding hydrogens is 745 g/mol. The molecule has 24 heteroatoms. The fraction of sp³-hybridized carbons (Fsp3) is 1.00. The molecule has 1 rings (SSSR count). The summed E-state index contributed by atoms with van der Waals surface area (Å²) in [6, 6.07) is 0. The molecule has 0 aromatic rings. The summed E-state index contributed by atoms with van der Waals surface area (Å²) in [6.07, 6.45) is -2.44. The summed E-state index contributed by atoms with van der Waals surface area (Å²) >= 11 is 23.6. The van der Waals surface area contributed by atoms with E-state index < -0.39 is 57.4 Å². The fourth-order valence-corrected chi connectivity index (χ4v) is 2.50. The summed E-state index contributed by atoms with van der Waals surface area (Å²) in [5.74, 6) is -3.19. The van der Waals surface area contributed by atoms with Crippen molar-refractivity contribution in [1.82, 2.24) is 0 Å². The molecule has 0 saturated carbocycles. The van der Waals surface area contributed by atoms with Crippen LogP contribution in [0.25, 0.3) is 0 Å². The van der Waals surface area contributed by atoms with Crippen LogP contribution in [-0.2, 0) is 36.8 Å². The van der Waals surface area contributed by atoms with Crippen LogP contribution in [-0.4, -0.2) is 114 Å². The minimum absolute atomic E-state index is 0. The van der Waals surface area contributed by atoms with Crippen LogP contribution in [0.5, 0.6) is 0 Å². The monoisotopic (exact) mass is 785 g/mol. The molecule has 6 N–H and O–H groups in total. The molecule has 0 aromatic heterocycles. The molecule has 15 nitrogen and oxygen atoms in total. The Kier molecular flexibility index (Phi) is 33.3. The molecule has 1 saturated heterocycles. The van der Waals surface area contributed by atoms with E-state index in [2.05, 4.69) is 42.8 Å². The Labute approximate surface area is 265 Å². The van der Waals surface area contributed by atoms with Crippen LogP contribution in [0.15, 0.2) is 0 Å². The van der Waals surface area contributed by atoms with Gasteiger partial charge in [-0.2, -0.15) is 0 Å². The van der Waals surface area contributed by atoms with Crippen LogP contribution in [0.4, 0.5) is 0 Å². The van der Waals surface area contributed by atoms with E-state index in [-0.39, 0.29) is 39.5 Å². The highest BCUT2D eigenvalue weighted by Crippen LogP contribution is 2.61. The van der Waals surface area contributed by atoms with E-state index in [1.807, 2.05) is 13.8 Å². The summed E-state index contributed by atoms with van der Waals surface area (Å²) in [5, 5.41) is 39.2. The maximum absolute atomic E-state index is 10.6. The lowest BCUT2D eigenvalue weighted by Gasteiger charge is -2.22. The first-order valence-corrected chi connectivity index (χ1v) is 22.8. The van der Waals surface area contributed by atoms with E-state index in [9.17, 15) is 23.2 Å². The predicted molar refractivity (Wildman–Crippen MR) is 161 cm³/mol. The third kappa shape index (κ3) is 58.1. The average Bonchev–Trinajstić information content (AvgIpc) is 3.12. The lowest BCUT2D eigenvalue weighted by Crippen LogP contribution is -2.22. The van der Waals surface area contributed by atoms with Gasteiger partial charge in [0.25, 0.3) is 0 Å². The van der Waals surface area contributed by atoms with Crippen molar-refractivity contribution in [3.05, 3.63) is 0 Å². The quantitative estimate of drug-likeness (QED) is 0.172. The second-order valence-corrected chi connectivity index (χ2v) is 24.2. The van der Waals surface area contributed by atoms with Crippen molar-refractivity contribution in [2.24, 2.45) is 0 Å². The first kappa shape index (κ1) is 52.5. The summed E-state index contributed by atoms with van der Waals surface area (Å²) in [6.45, 7) is 6.29. The second kappa shape index (κ2) is 26.0. The summed E-state index contributed by atoms with van der Waals surface area (Å²) < 4.78 is 59.3. The molecule has 0 spiro atoms. The highest BCUT2D eigenvalue weighted by Gasteiger charge is 2.31. The van der Waals surface area contributed by atoms with Crippen molar-refractivity contribution >= 4 is 82.4 Å². The molecule has 5 unspecified atom stereocenters. The van der Waals surface area contributed by atoms with Crippen molar-refractivity contribution in [2.75, 3.05) is 59.1 Å². The van der Waals surface area contributed by atoms with Crippen molar-refractivity contribution in [1.29, 1.82) is 0 Å². The number of ether oxygens (including phenoxy) is 2. The van der Waals surface area contributed by atoms with Crippen molar-refractivity contribution < 1.29 is 72.1 Å². The molecule has 41 heavy (non-hydrogen) atoms. The van der Waals surface area contributed by atoms with Gasteiger partial charge in [-0.05, 0) is 70.1 Å². The second-order valence-electron chi connectivity index (χ2n) is 7.75. The Hall–Kier alpha value is 1.93. The Bertz CT molecular complexity index is 787. The van der Waals surface area contributed by atoms with Gasteiger partial charge in [-0.25, -0.2) is 0 Å². The lowest BCUT2D eigenvalue weighted by atomic mass is 10.4. The molecule has 0 aliphatic carbocycles. The smallest absolute Gasteiger partial charge is 0.339 e. The summed E-state index contributed by atoms with van der Waals surface area (Å²) in [4.78, 5) is 19.1. The van der Waals surface area contributed by atoms with Crippen LogP contribution in [0.3, 0.4) is 0 Å². The topological polar surface area (TPSA) is 250 Å². The minimum Gasteiger partial charge on any atom is -0.779 e. The highest BCUT2D eigenvalue weighted by molar-refractivity contribution is 8.24. The van der Waals surface area contributed by atoms with Gasteiger partial charge in [-0.1, -0.05) is 14.4 Å². The molecule has 5 atom stereocenters. The Morgan fingerprint density at radius 3 is 1.46 bits per heavy atom. The normalized spacial score (nSPS) is 20.2. The third-order valence-corrected chi connectivity index (χ3v) is 5.00. The molecule has 256 valence electrons. The number of aliphatic hydroxyl groups excluding tert-OH is 5. The van der Waals surface area contributed by atoms with Crippen LogP contribution in [0.2, 0.25) is 0 Å². The maximum Gasteiger partial charge on any atom is 0.339 e. The molecule has 1 heterocycles. The molecule has 1 aliphatic rings. The molecule has 1 fully saturated rings. The zero-order valence-corrected chi connectivity index (χ0v) is 29.6. The van der Waals surface area contributed by atoms with E-state index in [0.717, 1.165) is 6.66 Å². The van der Waals surface area contributed by atoms with Crippen LogP contribution < -0.4 is 4.89 Å². The highest BCUT2D eigenvalue weighted by atomic mass is 36.0. The average molecular weight is 788 g/mol. The Morgan fingerprint density at radius 1 is 0.927 bits per heavy atom. The molecule has 0 bridgehead atoms. The van der Waals surface area contributed by atoms with E-state index >= 15 is 0 Å². The third-order valence-electron chi connectivity index (χ3n) is 3.05. The van der Waals surface area contributed by atoms with Gasteiger partial charge >= 0.3 is 12.8 Å². The Balaban J connectivity index is -0.000000135. The van der Waals surface area contributed by atoms with Gasteiger partial charge in [-0.3, -0.25) is 13.7 Å². The van der Waals surface area contributed by atoms with Crippen molar-refractivity contribution in [3.63, 3.8) is 0 Å². The van der Waals surface area contributed by atoms with Crippen molar-refractivity contribution in [2.45, 2.75) is 52.3 Å². The van der Waals surface area contributed by atoms with Crippen LogP contribution in [0.1, 0.15) is 28.2 Å². The number of rotatable bonds is 10. The molecule has 0 aromatic carbocycles. The molecular formula is C17H42Cl5O15P4-. The standard InChI is InChI=1S/C6H12O3.C5H13O5P.C4H11O5P.CH3Cl2OP.CH4.Cl3OP/c1-6(2)8-4-5(3-7)9-6;1-2-11(8,9)10-4-5(7)3-6;1-10(7,8)9-3-4(6)2-5;1-5(2,3)4;;1-5(2,3)4/h5,7H,3-4H2,1-2H3;5-7H,2-4H2,1H3,(H,8,9);4-6H,2-3H2,1H3,(H,7,8);1H3;1H4;/p-1. The van der Waals surface area contributed by atoms with Gasteiger partial charge in [0.05, 0.1) is 39.6 Å². The first-order chi connectivity index (χ1) is 17.6. The summed E-state index contributed by atoms with van der Waals surface area (Å²) in [5.41, 5.74) is 0. The molecule has 1 aliphatic heterocycles. The maximum atomic E-state index is 10.6. The van der Waals surface area contributed by atoms with Crippen molar-refractivity contribution in [3.8, 4) is 0 Å². The zero-order chi connectivity index (χ0) is 33.0. The van der Waals surface area contributed by atoms with Gasteiger partial charge in [-0.15, -0.1) is 0 Å². The summed E-state index contributed by atoms with van der Waals surface area (Å²) in [7, 11) is -7.27. The van der Waals surface area contributed by atoms with E-state index in [1.165, 1.54) is 13.6 Å². The molecule has 0 amide bonds. The molecule has 0 radical (unpaired) electrons. The largest absolute Gasteiger partial charge is 0.779 e. The number of halogens is 5. The van der Waals surface area contributed by atoms with Crippen LogP contribution >= 0.6 is 82.4 Å². The minimum atomic E-state index is -3.76. The lowest BCUT2D eigenvalue weighted by molar-refractivity contribution is -0.200. The number of hydrogen-bond acceptors (Lipinski definition) is 14. The van der Waals surface area contributed by atoms with Crippen LogP contribution in [0, 0.1) is 0 Å². The van der Waals surface area contributed by atoms with E-state index in [4.69, 9.17) is 62.4 Å². The Morgan fingerprint density at radius 2 is 1.27 bits per heavy atom. The van der Waals surface area contributed by atoms with Gasteiger partial charge in [0.15, 0.2) is 5.79 Å². The number of aliphatic hydroxyl groups is 5. The predicted octanol–water partition coefficient (Wildman–Crippen LogP) is 3.97. The zero-order valence-electron chi connectivity index (χ0n) is 22.2. The first-order valence-electron chi connectivity index (χ1n) is 10.7. The van der Waals surface area contributed by atoms with Gasteiger partial charge in [0.1, 0.15) is 25.9 Å². The van der Waals surface area contributed by atoms with Gasteiger partial charge in [0, 0.05) is 19.5 Å². The van der Waals surface area contributed by atoms with E-state index in [1.54, 1.807) is 0 Å². The van der Waals surface area contributed by atoms with E-state index in [0.29, 0.717) is 6.61 Å². The van der Waals surface area contributed by atoms with Gasteiger partial charge in [0.2, 0.25) is 5.85 Å². The fourth-order valence-electron chi connectivity index (χ4n) is 1.47.